The molecule has 152 valence electrons. The first-order valence-corrected chi connectivity index (χ1v) is 10.1. The number of hydrogen-bond acceptors (Lipinski definition) is 6. The number of sulfonamides is 1. The van der Waals surface area contributed by atoms with Gasteiger partial charge in [-0.15, -0.1) is 0 Å². The van der Waals surface area contributed by atoms with E-state index in [1.165, 1.54) is 26.4 Å². The van der Waals surface area contributed by atoms with Gasteiger partial charge in [-0.2, -0.15) is 0 Å². The van der Waals surface area contributed by atoms with E-state index in [2.05, 4.69) is 10.0 Å². The fraction of sp³-hybridized carbons (Fsp3) is 0.316. The lowest BCUT2D eigenvalue weighted by molar-refractivity contribution is -0.117. The molecule has 2 aromatic rings. The maximum Gasteiger partial charge on any atom is 0.265 e. The van der Waals surface area contributed by atoms with Crippen LogP contribution in [0, 0.1) is 0 Å². The maximum absolute atomic E-state index is 12.8. The Morgan fingerprint density at radius 3 is 2.29 bits per heavy atom. The van der Waals surface area contributed by atoms with Crippen LogP contribution < -0.4 is 19.5 Å². The van der Waals surface area contributed by atoms with E-state index in [1.54, 1.807) is 30.3 Å². The molecule has 1 amide bonds. The molecule has 0 fully saturated rings. The highest BCUT2D eigenvalue weighted by atomic mass is 32.2. The van der Waals surface area contributed by atoms with E-state index in [0.29, 0.717) is 30.3 Å². The van der Waals surface area contributed by atoms with Crippen LogP contribution in [0.5, 0.6) is 11.5 Å². The van der Waals surface area contributed by atoms with Crippen molar-refractivity contribution in [2.45, 2.75) is 18.2 Å². The van der Waals surface area contributed by atoms with Crippen LogP contribution in [-0.2, 0) is 19.6 Å². The Hall–Kier alpha value is -2.78. The topological polar surface area (TPSA) is 103 Å². The zero-order valence-electron chi connectivity index (χ0n) is 16.0. The summed E-state index contributed by atoms with van der Waals surface area (Å²) in [5.74, 6) is 0.496. The SMILES string of the molecule is CCOCCC(=O)Nc1ccc(OC)c(S(=O)(=O)Nc2ccc(OC)cc2)c1. The number of carbonyl (C=O) groups is 1. The number of amides is 1. The van der Waals surface area contributed by atoms with Gasteiger partial charge in [0.1, 0.15) is 16.4 Å². The number of methoxy groups -OCH3 is 2. The number of ether oxygens (including phenoxy) is 3. The monoisotopic (exact) mass is 408 g/mol. The molecule has 2 N–H and O–H groups in total. The van der Waals surface area contributed by atoms with E-state index >= 15 is 0 Å². The molecule has 0 aliphatic carbocycles. The lowest BCUT2D eigenvalue weighted by Gasteiger charge is -2.14. The van der Waals surface area contributed by atoms with Crippen LogP contribution in [-0.4, -0.2) is 41.8 Å². The third-order valence-electron chi connectivity index (χ3n) is 3.76. The lowest BCUT2D eigenvalue weighted by Crippen LogP contribution is -2.17. The molecule has 0 unspecified atom stereocenters. The summed E-state index contributed by atoms with van der Waals surface area (Å²) in [6.07, 6.45) is 0.173. The molecule has 0 aliphatic rings. The third-order valence-corrected chi connectivity index (χ3v) is 5.16. The van der Waals surface area contributed by atoms with Crippen molar-refractivity contribution in [3.63, 3.8) is 0 Å². The minimum atomic E-state index is -3.95. The normalized spacial score (nSPS) is 11.0. The second-order valence-corrected chi connectivity index (χ2v) is 7.35. The van der Waals surface area contributed by atoms with Crippen molar-refractivity contribution < 1.29 is 27.4 Å². The summed E-state index contributed by atoms with van der Waals surface area (Å²) in [6.45, 7) is 2.66. The van der Waals surface area contributed by atoms with E-state index < -0.39 is 10.0 Å². The summed E-state index contributed by atoms with van der Waals surface area (Å²) in [6, 6.07) is 10.9. The molecule has 28 heavy (non-hydrogen) atoms. The number of hydrogen-bond donors (Lipinski definition) is 2. The Morgan fingerprint density at radius 2 is 1.68 bits per heavy atom. The zero-order valence-corrected chi connectivity index (χ0v) is 16.8. The number of carbonyl (C=O) groups excluding carboxylic acids is 1. The van der Waals surface area contributed by atoms with Gasteiger partial charge >= 0.3 is 0 Å². The quantitative estimate of drug-likeness (QED) is 0.586. The van der Waals surface area contributed by atoms with Gasteiger partial charge in [0.15, 0.2) is 0 Å². The smallest absolute Gasteiger partial charge is 0.265 e. The average molecular weight is 408 g/mol. The second kappa shape index (κ2) is 9.95. The average Bonchev–Trinajstić information content (AvgIpc) is 2.68. The molecule has 0 saturated heterocycles. The Kier molecular flexibility index (Phi) is 7.65. The molecule has 9 heteroatoms. The van der Waals surface area contributed by atoms with Crippen LogP contribution in [0.15, 0.2) is 47.4 Å². The Morgan fingerprint density at radius 1 is 1.00 bits per heavy atom. The summed E-state index contributed by atoms with van der Waals surface area (Å²) in [4.78, 5) is 11.9. The number of anilines is 2. The molecule has 0 atom stereocenters. The first-order valence-electron chi connectivity index (χ1n) is 8.62. The molecule has 0 aliphatic heterocycles. The highest BCUT2D eigenvalue weighted by molar-refractivity contribution is 7.92. The largest absolute Gasteiger partial charge is 0.497 e. The third kappa shape index (κ3) is 5.86. The number of rotatable bonds is 10. The predicted octanol–water partition coefficient (Wildman–Crippen LogP) is 2.87. The van der Waals surface area contributed by atoms with E-state index in [4.69, 9.17) is 14.2 Å². The van der Waals surface area contributed by atoms with Crippen LogP contribution in [0.3, 0.4) is 0 Å². The molecule has 0 saturated carbocycles. The van der Waals surface area contributed by atoms with E-state index in [0.717, 1.165) is 0 Å². The molecule has 0 aromatic heterocycles. The van der Waals surface area contributed by atoms with Crippen molar-refractivity contribution in [3.05, 3.63) is 42.5 Å². The standard InChI is InChI=1S/C19H24N2O6S/c1-4-27-12-11-19(22)20-15-7-10-17(26-3)18(13-15)28(23,24)21-14-5-8-16(25-2)9-6-14/h5-10,13,21H,4,11-12H2,1-3H3,(H,20,22). The van der Waals surface area contributed by atoms with Crippen molar-refractivity contribution in [1.29, 1.82) is 0 Å². The van der Waals surface area contributed by atoms with Gasteiger partial charge in [-0.3, -0.25) is 9.52 Å². The van der Waals surface area contributed by atoms with Crippen LogP contribution in [0.4, 0.5) is 11.4 Å². The maximum atomic E-state index is 12.8. The molecule has 0 bridgehead atoms. The van der Waals surface area contributed by atoms with Crippen LogP contribution in [0.2, 0.25) is 0 Å². The highest BCUT2D eigenvalue weighted by Gasteiger charge is 2.21. The molecule has 0 radical (unpaired) electrons. The minimum Gasteiger partial charge on any atom is -0.497 e. The molecule has 2 aromatic carbocycles. The van der Waals surface area contributed by atoms with E-state index in [-0.39, 0.29) is 23.0 Å². The highest BCUT2D eigenvalue weighted by Crippen LogP contribution is 2.29. The van der Waals surface area contributed by atoms with Crippen molar-refractivity contribution in [2.24, 2.45) is 0 Å². The van der Waals surface area contributed by atoms with Crippen LogP contribution in [0.1, 0.15) is 13.3 Å². The predicted molar refractivity (Wildman–Crippen MR) is 107 cm³/mol. The second-order valence-electron chi connectivity index (χ2n) is 5.69. The molecule has 0 spiro atoms. The van der Waals surface area contributed by atoms with Gasteiger partial charge < -0.3 is 19.5 Å². The first kappa shape index (κ1) is 21.5. The van der Waals surface area contributed by atoms with Crippen molar-refractivity contribution in [3.8, 4) is 11.5 Å². The lowest BCUT2D eigenvalue weighted by atomic mass is 10.3. The van der Waals surface area contributed by atoms with Gasteiger partial charge in [0.25, 0.3) is 10.0 Å². The van der Waals surface area contributed by atoms with E-state index in [1.807, 2.05) is 6.92 Å². The van der Waals surface area contributed by atoms with Gasteiger partial charge in [0.2, 0.25) is 5.91 Å². The molecular formula is C19H24N2O6S. The number of nitrogens with one attached hydrogen (secondary N) is 2. The van der Waals surface area contributed by atoms with Crippen molar-refractivity contribution in [2.75, 3.05) is 37.5 Å². The van der Waals surface area contributed by atoms with Crippen LogP contribution in [0.25, 0.3) is 0 Å². The van der Waals surface area contributed by atoms with Crippen molar-refractivity contribution in [1.82, 2.24) is 0 Å². The van der Waals surface area contributed by atoms with Crippen LogP contribution >= 0.6 is 0 Å². The Bertz CT molecular complexity index is 897. The van der Waals surface area contributed by atoms with E-state index in [9.17, 15) is 13.2 Å². The summed E-state index contributed by atoms with van der Waals surface area (Å²) >= 11 is 0. The molecule has 8 nitrogen and oxygen atoms in total. The molecule has 2 rings (SSSR count). The van der Waals surface area contributed by atoms with Gasteiger partial charge in [-0.05, 0) is 49.4 Å². The fourth-order valence-electron chi connectivity index (χ4n) is 2.37. The fourth-order valence-corrected chi connectivity index (χ4v) is 3.62. The first-order chi connectivity index (χ1) is 13.4. The summed E-state index contributed by atoms with van der Waals surface area (Å²) in [5, 5.41) is 2.66. The van der Waals surface area contributed by atoms with Gasteiger partial charge in [0, 0.05) is 18.0 Å². The molecular weight excluding hydrogens is 384 g/mol. The van der Waals surface area contributed by atoms with Crippen molar-refractivity contribution >= 4 is 27.3 Å². The Balaban J connectivity index is 2.22. The zero-order chi connectivity index (χ0) is 20.6. The summed E-state index contributed by atoms with van der Waals surface area (Å²) in [5.41, 5.74) is 0.714. The minimum absolute atomic E-state index is 0.0894. The van der Waals surface area contributed by atoms with Gasteiger partial charge in [0.05, 0.1) is 27.2 Å². The van der Waals surface area contributed by atoms with Gasteiger partial charge in [-0.25, -0.2) is 8.42 Å². The summed E-state index contributed by atoms with van der Waals surface area (Å²) < 4.78 is 43.5. The van der Waals surface area contributed by atoms with Gasteiger partial charge in [-0.1, -0.05) is 0 Å². The Labute approximate surface area is 164 Å². The molecule has 0 heterocycles. The number of benzene rings is 2. The summed E-state index contributed by atoms with van der Waals surface area (Å²) in [7, 11) is -1.04.